The van der Waals surface area contributed by atoms with Crippen LogP contribution in [0.1, 0.15) is 21.6 Å². The van der Waals surface area contributed by atoms with Gasteiger partial charge < -0.3 is 14.7 Å². The Morgan fingerprint density at radius 2 is 1.52 bits per heavy atom. The van der Waals surface area contributed by atoms with E-state index in [0.717, 1.165) is 12.6 Å². The number of imidazole rings is 1. The molecule has 2 aromatic carbocycles. The van der Waals surface area contributed by atoms with Gasteiger partial charge in [0.25, 0.3) is 5.91 Å². The molecule has 33 heavy (non-hydrogen) atoms. The lowest BCUT2D eigenvalue weighted by Crippen LogP contribution is -2.11. The third-order valence-corrected chi connectivity index (χ3v) is 4.56. The number of aromatic amines is 1. The first-order valence-corrected chi connectivity index (χ1v) is 9.15. The van der Waals surface area contributed by atoms with Gasteiger partial charge in [0.15, 0.2) is 12.1 Å². The number of anilines is 1. The highest BCUT2D eigenvalue weighted by Crippen LogP contribution is 2.38. The molecule has 1 amide bonds. The second-order valence-corrected chi connectivity index (χ2v) is 6.85. The largest absolute Gasteiger partial charge is 0.451 e. The Balaban J connectivity index is 1.60. The minimum Gasteiger partial charge on any atom is -0.451 e. The van der Waals surface area contributed by atoms with Crippen LogP contribution in [-0.4, -0.2) is 20.9 Å². The zero-order chi connectivity index (χ0) is 23.8. The molecular formula is C21H12F6N4O2. The monoisotopic (exact) mass is 466 g/mol. The molecule has 0 aliphatic carbocycles. The van der Waals surface area contributed by atoms with Crippen molar-refractivity contribution in [2.24, 2.45) is 0 Å². The molecule has 12 heteroatoms. The number of alkyl halides is 6. The molecule has 0 bridgehead atoms. The number of nitrogens with zero attached hydrogens (tertiary/aromatic N) is 2. The summed E-state index contributed by atoms with van der Waals surface area (Å²) < 4.78 is 83.4. The topological polar surface area (TPSA) is 83.8 Å². The van der Waals surface area contributed by atoms with Gasteiger partial charge in [-0.3, -0.25) is 4.79 Å². The lowest BCUT2D eigenvalue weighted by molar-refractivity contribution is -0.143. The van der Waals surface area contributed by atoms with E-state index in [9.17, 15) is 31.1 Å². The normalized spacial score (nSPS) is 12.1. The summed E-state index contributed by atoms with van der Waals surface area (Å²) >= 11 is 0. The van der Waals surface area contributed by atoms with Gasteiger partial charge in [-0.2, -0.15) is 26.3 Å². The van der Waals surface area contributed by atoms with Gasteiger partial charge in [0, 0.05) is 16.8 Å². The zero-order valence-corrected chi connectivity index (χ0v) is 16.3. The fraction of sp³-hybridized carbons (Fsp3) is 0.0952. The van der Waals surface area contributed by atoms with E-state index < -0.39 is 29.4 Å². The van der Waals surface area contributed by atoms with Crippen LogP contribution in [0.15, 0.2) is 65.7 Å². The summed E-state index contributed by atoms with van der Waals surface area (Å²) in [6.07, 6.45) is -6.48. The van der Waals surface area contributed by atoms with Crippen LogP contribution in [0.5, 0.6) is 0 Å². The summed E-state index contributed by atoms with van der Waals surface area (Å²) in [6.45, 7) is 0. The molecule has 6 nitrogen and oxygen atoms in total. The van der Waals surface area contributed by atoms with Crippen LogP contribution in [-0.2, 0) is 12.4 Å². The number of carbonyl (C=O) groups is 1. The van der Waals surface area contributed by atoms with Crippen molar-refractivity contribution in [3.8, 4) is 22.6 Å². The lowest BCUT2D eigenvalue weighted by atomic mass is 10.0. The number of H-pyrrole nitrogens is 1. The summed E-state index contributed by atoms with van der Waals surface area (Å²) in [7, 11) is 0. The third-order valence-electron chi connectivity index (χ3n) is 4.56. The maximum Gasteiger partial charge on any atom is 0.416 e. The van der Waals surface area contributed by atoms with Crippen LogP contribution < -0.4 is 5.32 Å². The van der Waals surface area contributed by atoms with E-state index in [1.54, 1.807) is 24.3 Å². The molecule has 0 saturated carbocycles. The number of oxazole rings is 1. The molecule has 170 valence electrons. The highest BCUT2D eigenvalue weighted by Gasteiger charge is 2.37. The van der Waals surface area contributed by atoms with Crippen LogP contribution in [0.2, 0.25) is 0 Å². The highest BCUT2D eigenvalue weighted by atomic mass is 19.4. The van der Waals surface area contributed by atoms with Crippen molar-refractivity contribution in [1.82, 2.24) is 15.0 Å². The fourth-order valence-electron chi connectivity index (χ4n) is 2.96. The predicted octanol–water partition coefficient (Wildman–Crippen LogP) is 6.02. The highest BCUT2D eigenvalue weighted by molar-refractivity contribution is 6.02. The third kappa shape index (κ3) is 4.89. The molecule has 0 saturated heterocycles. The maximum atomic E-state index is 13.1. The van der Waals surface area contributed by atoms with Crippen molar-refractivity contribution in [1.29, 1.82) is 0 Å². The van der Waals surface area contributed by atoms with Crippen molar-refractivity contribution in [3.05, 3.63) is 78.1 Å². The van der Waals surface area contributed by atoms with Gasteiger partial charge in [0.05, 0.1) is 23.0 Å². The SMILES string of the molecule is O=C(Nc1ccc(-c2ncc(-c3cc(C(F)(F)F)cc(C(F)(F)F)c3)[nH]2)cc1)c1cocn1. The van der Waals surface area contributed by atoms with Gasteiger partial charge in [-0.05, 0) is 42.5 Å². The summed E-state index contributed by atoms with van der Waals surface area (Å²) in [6, 6.07) is 7.52. The van der Waals surface area contributed by atoms with Crippen LogP contribution in [0.25, 0.3) is 22.6 Å². The van der Waals surface area contributed by atoms with Crippen LogP contribution >= 0.6 is 0 Å². The first-order chi connectivity index (χ1) is 15.5. The second-order valence-electron chi connectivity index (χ2n) is 6.85. The predicted molar refractivity (Wildman–Crippen MR) is 104 cm³/mol. The number of rotatable bonds is 4. The van der Waals surface area contributed by atoms with Crippen molar-refractivity contribution in [2.45, 2.75) is 12.4 Å². The van der Waals surface area contributed by atoms with E-state index in [2.05, 4.69) is 20.3 Å². The van der Waals surface area contributed by atoms with E-state index in [1.807, 2.05) is 0 Å². The second kappa shape index (κ2) is 8.11. The number of amides is 1. The Bertz CT molecular complexity index is 1240. The molecule has 2 heterocycles. The van der Waals surface area contributed by atoms with E-state index in [-0.39, 0.29) is 28.8 Å². The average Bonchev–Trinajstić information content (AvgIpc) is 3.45. The minimum atomic E-state index is -4.95. The fourth-order valence-corrected chi connectivity index (χ4v) is 2.96. The zero-order valence-electron chi connectivity index (χ0n) is 16.3. The number of hydrogen-bond acceptors (Lipinski definition) is 4. The van der Waals surface area contributed by atoms with Gasteiger partial charge in [0.1, 0.15) is 12.1 Å². The molecule has 4 aromatic rings. The molecule has 0 radical (unpaired) electrons. The summed E-state index contributed by atoms with van der Waals surface area (Å²) in [5.74, 6) is -0.285. The van der Waals surface area contributed by atoms with E-state index in [4.69, 9.17) is 4.42 Å². The standard InChI is InChI=1S/C21H12F6N4O2/c22-20(23,24)13-5-12(6-14(7-13)21(25,26)27)16-8-28-18(31-16)11-1-3-15(4-2-11)30-19(32)17-9-33-10-29-17/h1-10H,(H,28,31)(H,30,32). The van der Waals surface area contributed by atoms with Gasteiger partial charge in [-0.1, -0.05) is 0 Å². The number of nitrogens with one attached hydrogen (secondary N) is 2. The van der Waals surface area contributed by atoms with Crippen LogP contribution in [0.3, 0.4) is 0 Å². The molecule has 4 rings (SSSR count). The number of aromatic nitrogens is 3. The molecule has 0 aliphatic rings. The number of carbonyl (C=O) groups excluding carboxylic acids is 1. The van der Waals surface area contributed by atoms with E-state index in [1.165, 1.54) is 6.26 Å². The molecule has 0 fully saturated rings. The Kier molecular flexibility index (Phi) is 5.44. The van der Waals surface area contributed by atoms with Crippen molar-refractivity contribution in [3.63, 3.8) is 0 Å². The van der Waals surface area contributed by atoms with Crippen LogP contribution in [0.4, 0.5) is 32.0 Å². The summed E-state index contributed by atoms with van der Waals surface area (Å²) in [5.41, 5.74) is -2.19. The molecule has 2 N–H and O–H groups in total. The molecule has 0 aliphatic heterocycles. The summed E-state index contributed by atoms with van der Waals surface area (Å²) in [4.78, 5) is 22.5. The number of hydrogen-bond donors (Lipinski definition) is 2. The van der Waals surface area contributed by atoms with Crippen molar-refractivity contribution < 1.29 is 35.6 Å². The Morgan fingerprint density at radius 3 is 2.06 bits per heavy atom. The van der Waals surface area contributed by atoms with E-state index in [0.29, 0.717) is 23.4 Å². The summed E-state index contributed by atoms with van der Waals surface area (Å²) in [5, 5.41) is 2.59. The number of halogens is 6. The first-order valence-electron chi connectivity index (χ1n) is 9.15. The molecule has 2 aromatic heterocycles. The first kappa shape index (κ1) is 22.1. The molecule has 0 spiro atoms. The van der Waals surface area contributed by atoms with Gasteiger partial charge in [-0.25, -0.2) is 9.97 Å². The molecule has 0 atom stereocenters. The van der Waals surface area contributed by atoms with Gasteiger partial charge in [-0.15, -0.1) is 0 Å². The van der Waals surface area contributed by atoms with E-state index >= 15 is 0 Å². The minimum absolute atomic E-state index is 0.0231. The quantitative estimate of drug-likeness (QED) is 0.360. The van der Waals surface area contributed by atoms with Crippen molar-refractivity contribution >= 4 is 11.6 Å². The smallest absolute Gasteiger partial charge is 0.416 e. The lowest BCUT2D eigenvalue weighted by Gasteiger charge is -2.13. The van der Waals surface area contributed by atoms with Crippen LogP contribution in [0, 0.1) is 0 Å². The van der Waals surface area contributed by atoms with Gasteiger partial charge in [0.2, 0.25) is 0 Å². The maximum absolute atomic E-state index is 13.1. The number of benzene rings is 2. The Morgan fingerprint density at radius 1 is 0.879 bits per heavy atom. The molecule has 0 unspecified atom stereocenters. The molecular weight excluding hydrogens is 454 g/mol. The Labute approximate surface area is 181 Å². The van der Waals surface area contributed by atoms with Crippen molar-refractivity contribution in [2.75, 3.05) is 5.32 Å². The van der Waals surface area contributed by atoms with Gasteiger partial charge >= 0.3 is 12.4 Å². The Hall–Kier alpha value is -4.09. The average molecular weight is 466 g/mol.